The first-order valence-corrected chi connectivity index (χ1v) is 6.76. The van der Waals surface area contributed by atoms with Gasteiger partial charge in [0.15, 0.2) is 6.61 Å². The number of ether oxygens (including phenoxy) is 1. The molecule has 2 aromatic rings. The quantitative estimate of drug-likeness (QED) is 0.923. The maximum absolute atomic E-state index is 12.8. The van der Waals surface area contributed by atoms with Gasteiger partial charge in [0.1, 0.15) is 11.6 Å². The summed E-state index contributed by atoms with van der Waals surface area (Å²) >= 11 is 0. The lowest BCUT2D eigenvalue weighted by molar-refractivity contribution is -0.123. The van der Waals surface area contributed by atoms with Crippen LogP contribution in [0.15, 0.2) is 48.5 Å². The molecule has 1 unspecified atom stereocenters. The third-order valence-corrected chi connectivity index (χ3v) is 3.10. The molecule has 1 N–H and O–H groups in total. The summed E-state index contributed by atoms with van der Waals surface area (Å²) in [7, 11) is 0. The molecule has 0 aliphatic rings. The van der Waals surface area contributed by atoms with E-state index < -0.39 is 0 Å². The van der Waals surface area contributed by atoms with E-state index in [-0.39, 0.29) is 24.4 Å². The summed E-state index contributed by atoms with van der Waals surface area (Å²) < 4.78 is 18.2. The van der Waals surface area contributed by atoms with Gasteiger partial charge in [0.25, 0.3) is 5.91 Å². The van der Waals surface area contributed by atoms with Crippen LogP contribution < -0.4 is 10.1 Å². The van der Waals surface area contributed by atoms with Crippen molar-refractivity contribution >= 4 is 5.91 Å². The molecule has 1 amide bonds. The highest BCUT2D eigenvalue weighted by Gasteiger charge is 2.10. The second-order valence-electron chi connectivity index (χ2n) is 4.77. The minimum absolute atomic E-state index is 0.128. The molecule has 4 nitrogen and oxygen atoms in total. The van der Waals surface area contributed by atoms with Crippen LogP contribution in [0.1, 0.15) is 24.1 Å². The first-order chi connectivity index (χ1) is 10.6. The second-order valence-corrected chi connectivity index (χ2v) is 4.77. The summed E-state index contributed by atoms with van der Waals surface area (Å²) in [5, 5.41) is 11.5. The monoisotopic (exact) mass is 298 g/mol. The lowest BCUT2D eigenvalue weighted by Crippen LogP contribution is -2.31. The van der Waals surface area contributed by atoms with Crippen molar-refractivity contribution in [1.29, 1.82) is 5.26 Å². The van der Waals surface area contributed by atoms with Gasteiger partial charge in [-0.2, -0.15) is 5.26 Å². The number of nitriles is 1. The number of hydrogen-bond acceptors (Lipinski definition) is 3. The lowest BCUT2D eigenvalue weighted by atomic mass is 10.1. The van der Waals surface area contributed by atoms with Gasteiger partial charge in [-0.1, -0.05) is 12.1 Å². The second kappa shape index (κ2) is 7.23. The van der Waals surface area contributed by atoms with Crippen molar-refractivity contribution in [3.05, 3.63) is 65.5 Å². The molecule has 0 fully saturated rings. The third kappa shape index (κ3) is 4.32. The average molecular weight is 298 g/mol. The molecule has 0 heterocycles. The SMILES string of the molecule is CC(NC(=O)COc1ccc(C#N)cc1)c1ccc(F)cc1. The summed E-state index contributed by atoms with van der Waals surface area (Å²) in [6, 6.07) is 14.2. The van der Waals surface area contributed by atoms with Crippen LogP contribution in [-0.2, 0) is 4.79 Å². The van der Waals surface area contributed by atoms with E-state index in [1.165, 1.54) is 12.1 Å². The van der Waals surface area contributed by atoms with Gasteiger partial charge in [0.05, 0.1) is 17.7 Å². The zero-order valence-electron chi connectivity index (χ0n) is 12.0. The molecular weight excluding hydrogens is 283 g/mol. The number of nitrogens with one attached hydrogen (secondary N) is 1. The highest BCUT2D eigenvalue weighted by molar-refractivity contribution is 5.78. The maximum Gasteiger partial charge on any atom is 0.258 e. The number of nitrogens with zero attached hydrogens (tertiary/aromatic N) is 1. The zero-order chi connectivity index (χ0) is 15.9. The molecule has 0 radical (unpaired) electrons. The van der Waals surface area contributed by atoms with Gasteiger partial charge < -0.3 is 10.1 Å². The number of benzene rings is 2. The van der Waals surface area contributed by atoms with E-state index in [1.807, 2.05) is 13.0 Å². The first-order valence-electron chi connectivity index (χ1n) is 6.76. The van der Waals surface area contributed by atoms with E-state index >= 15 is 0 Å². The number of halogens is 1. The number of hydrogen-bond donors (Lipinski definition) is 1. The fourth-order valence-corrected chi connectivity index (χ4v) is 1.89. The van der Waals surface area contributed by atoms with Crippen LogP contribution in [0.2, 0.25) is 0 Å². The topological polar surface area (TPSA) is 62.1 Å². The molecule has 1 atom stereocenters. The van der Waals surface area contributed by atoms with Crippen LogP contribution in [0.3, 0.4) is 0 Å². The summed E-state index contributed by atoms with van der Waals surface area (Å²) in [5.74, 6) is -0.0730. The molecule has 0 spiro atoms. The molecule has 0 aliphatic heterocycles. The normalized spacial score (nSPS) is 11.3. The van der Waals surface area contributed by atoms with E-state index in [0.717, 1.165) is 5.56 Å². The Kier molecular flexibility index (Phi) is 5.10. The standard InChI is InChI=1S/C17H15FN2O2/c1-12(14-4-6-15(18)7-5-14)20-17(21)11-22-16-8-2-13(10-19)3-9-16/h2-9,12H,11H2,1H3,(H,20,21). The molecule has 0 aromatic heterocycles. The third-order valence-electron chi connectivity index (χ3n) is 3.10. The Labute approximate surface area is 128 Å². The highest BCUT2D eigenvalue weighted by atomic mass is 19.1. The predicted octanol–water partition coefficient (Wildman–Crippen LogP) is 2.95. The first kappa shape index (κ1) is 15.5. The van der Waals surface area contributed by atoms with Gasteiger partial charge in [-0.05, 0) is 48.9 Å². The van der Waals surface area contributed by atoms with Gasteiger partial charge in [-0.15, -0.1) is 0 Å². The van der Waals surface area contributed by atoms with Crippen LogP contribution in [-0.4, -0.2) is 12.5 Å². The zero-order valence-corrected chi connectivity index (χ0v) is 12.0. The van der Waals surface area contributed by atoms with Crippen molar-refractivity contribution < 1.29 is 13.9 Å². The molecular formula is C17H15FN2O2. The predicted molar refractivity (Wildman–Crippen MR) is 79.6 cm³/mol. The fourth-order valence-electron chi connectivity index (χ4n) is 1.89. The Morgan fingerprint density at radius 3 is 2.45 bits per heavy atom. The molecule has 112 valence electrons. The molecule has 5 heteroatoms. The summed E-state index contributed by atoms with van der Waals surface area (Å²) in [6.07, 6.45) is 0. The Morgan fingerprint density at radius 1 is 1.23 bits per heavy atom. The lowest BCUT2D eigenvalue weighted by Gasteiger charge is -2.14. The van der Waals surface area contributed by atoms with Gasteiger partial charge in [0, 0.05) is 0 Å². The maximum atomic E-state index is 12.8. The molecule has 0 bridgehead atoms. The Morgan fingerprint density at radius 2 is 1.86 bits per heavy atom. The van der Waals surface area contributed by atoms with Crippen molar-refractivity contribution in [2.75, 3.05) is 6.61 Å². The molecule has 0 saturated carbocycles. The number of rotatable bonds is 5. The van der Waals surface area contributed by atoms with Crippen LogP contribution in [0.4, 0.5) is 4.39 Å². The number of amides is 1. The smallest absolute Gasteiger partial charge is 0.258 e. The summed E-state index contributed by atoms with van der Waals surface area (Å²) in [4.78, 5) is 11.8. The van der Waals surface area contributed by atoms with Crippen LogP contribution in [0.5, 0.6) is 5.75 Å². The van der Waals surface area contributed by atoms with Gasteiger partial charge in [-0.3, -0.25) is 4.79 Å². The molecule has 0 aliphatic carbocycles. The minimum Gasteiger partial charge on any atom is -0.484 e. The van der Waals surface area contributed by atoms with Crippen molar-refractivity contribution in [2.24, 2.45) is 0 Å². The Balaban J connectivity index is 1.84. The largest absolute Gasteiger partial charge is 0.484 e. The van der Waals surface area contributed by atoms with E-state index in [0.29, 0.717) is 11.3 Å². The Bertz CT molecular complexity index is 675. The molecule has 2 rings (SSSR count). The minimum atomic E-state index is -0.313. The average Bonchev–Trinajstić information content (AvgIpc) is 2.54. The van der Waals surface area contributed by atoms with Crippen LogP contribution in [0.25, 0.3) is 0 Å². The van der Waals surface area contributed by atoms with Crippen molar-refractivity contribution in [1.82, 2.24) is 5.32 Å². The number of carbonyl (C=O) groups is 1. The van der Waals surface area contributed by atoms with Crippen molar-refractivity contribution in [3.8, 4) is 11.8 Å². The van der Waals surface area contributed by atoms with Crippen LogP contribution >= 0.6 is 0 Å². The molecule has 22 heavy (non-hydrogen) atoms. The molecule has 0 saturated heterocycles. The van der Waals surface area contributed by atoms with Crippen molar-refractivity contribution in [2.45, 2.75) is 13.0 Å². The van der Waals surface area contributed by atoms with Gasteiger partial charge >= 0.3 is 0 Å². The van der Waals surface area contributed by atoms with Gasteiger partial charge in [0.2, 0.25) is 0 Å². The fraction of sp³-hybridized carbons (Fsp3) is 0.176. The molecule has 2 aromatic carbocycles. The van der Waals surface area contributed by atoms with E-state index in [4.69, 9.17) is 10.00 Å². The van der Waals surface area contributed by atoms with Crippen molar-refractivity contribution in [3.63, 3.8) is 0 Å². The number of carbonyl (C=O) groups excluding carboxylic acids is 1. The highest BCUT2D eigenvalue weighted by Crippen LogP contribution is 2.14. The van der Waals surface area contributed by atoms with E-state index in [9.17, 15) is 9.18 Å². The van der Waals surface area contributed by atoms with E-state index in [1.54, 1.807) is 36.4 Å². The van der Waals surface area contributed by atoms with Gasteiger partial charge in [-0.25, -0.2) is 4.39 Å². The summed E-state index contributed by atoms with van der Waals surface area (Å²) in [6.45, 7) is 1.68. The Hall–Kier alpha value is -2.87. The van der Waals surface area contributed by atoms with E-state index in [2.05, 4.69) is 5.32 Å². The summed E-state index contributed by atoms with van der Waals surface area (Å²) in [5.41, 5.74) is 1.34. The van der Waals surface area contributed by atoms with Crippen LogP contribution in [0, 0.1) is 17.1 Å².